The van der Waals surface area contributed by atoms with E-state index in [-0.39, 0.29) is 44.0 Å². The van der Waals surface area contributed by atoms with Crippen LogP contribution >= 0.6 is 0 Å². The number of ether oxygens (including phenoxy) is 4. The number of hydrogen-bond donors (Lipinski definition) is 3. The SMILES string of the molecule is C=CCO[C@@]12Oc3ccc(OC(=O)NCCCCCCCCCCCC)cc3[C@H]3[C@H](CCCCO)[C@@H](CCCCO)C=C(C(=NOCC)C[C@@H]1N(C)C(=O)OC)[C@H]32. The molecule has 0 spiro atoms. The number of rotatable bonds is 26. The van der Waals surface area contributed by atoms with Crippen molar-refractivity contribution in [2.24, 2.45) is 22.9 Å². The van der Waals surface area contributed by atoms with E-state index in [1.165, 1.54) is 63.4 Å². The summed E-state index contributed by atoms with van der Waals surface area (Å²) in [6.07, 6.45) is 20.0. The Labute approximate surface area is 341 Å². The fourth-order valence-electron chi connectivity index (χ4n) is 9.15. The molecule has 0 unspecified atom stereocenters. The van der Waals surface area contributed by atoms with Crippen molar-refractivity contribution in [1.29, 1.82) is 0 Å². The first-order valence-corrected chi connectivity index (χ1v) is 21.8. The Kier molecular flexibility index (Phi) is 19.7. The van der Waals surface area contributed by atoms with Crippen LogP contribution in [0.15, 0.2) is 47.7 Å². The predicted octanol–water partition coefficient (Wildman–Crippen LogP) is 9.05. The van der Waals surface area contributed by atoms with Crippen molar-refractivity contribution in [2.75, 3.05) is 47.1 Å². The zero-order valence-corrected chi connectivity index (χ0v) is 35.2. The van der Waals surface area contributed by atoms with Gasteiger partial charge in [0, 0.05) is 44.7 Å². The van der Waals surface area contributed by atoms with Crippen LogP contribution in [0.25, 0.3) is 0 Å². The fourth-order valence-corrected chi connectivity index (χ4v) is 9.15. The minimum Gasteiger partial charge on any atom is -0.459 e. The lowest BCUT2D eigenvalue weighted by Gasteiger charge is -2.59. The number of allylic oxidation sites excluding steroid dienone is 1. The Morgan fingerprint density at radius 3 is 2.32 bits per heavy atom. The third-order valence-electron chi connectivity index (χ3n) is 11.9. The zero-order chi connectivity index (χ0) is 41.0. The van der Waals surface area contributed by atoms with Crippen molar-refractivity contribution >= 4 is 17.9 Å². The van der Waals surface area contributed by atoms with Crippen molar-refractivity contribution < 1.29 is 43.6 Å². The number of methoxy groups -OCH3 is 1. The summed E-state index contributed by atoms with van der Waals surface area (Å²) in [5.41, 5.74) is 2.52. The number of likely N-dealkylation sites (N-methyl/N-ethyl adjacent to an activating group) is 1. The molecular formula is C45H71N3O9. The summed E-state index contributed by atoms with van der Waals surface area (Å²) in [7, 11) is 3.03. The van der Waals surface area contributed by atoms with E-state index in [0.717, 1.165) is 49.7 Å². The minimum absolute atomic E-state index is 0.0503. The van der Waals surface area contributed by atoms with Gasteiger partial charge in [0.2, 0.25) is 5.79 Å². The predicted molar refractivity (Wildman–Crippen MR) is 223 cm³/mol. The maximum Gasteiger partial charge on any atom is 0.412 e. The number of carbonyl (C=O) groups excluding carboxylic acids is 2. The highest BCUT2D eigenvalue weighted by Crippen LogP contribution is 2.61. The van der Waals surface area contributed by atoms with E-state index in [1.807, 2.05) is 19.1 Å². The van der Waals surface area contributed by atoms with Crippen LogP contribution in [-0.2, 0) is 14.3 Å². The highest BCUT2D eigenvalue weighted by molar-refractivity contribution is 6.02. The van der Waals surface area contributed by atoms with Crippen LogP contribution in [0.5, 0.6) is 11.5 Å². The second-order valence-electron chi connectivity index (χ2n) is 15.8. The van der Waals surface area contributed by atoms with Gasteiger partial charge in [-0.05, 0) is 74.6 Å². The van der Waals surface area contributed by atoms with E-state index in [1.54, 1.807) is 19.2 Å². The third-order valence-corrected chi connectivity index (χ3v) is 11.9. The van der Waals surface area contributed by atoms with Gasteiger partial charge in [0.15, 0.2) is 0 Å². The molecule has 57 heavy (non-hydrogen) atoms. The van der Waals surface area contributed by atoms with Crippen LogP contribution in [0.4, 0.5) is 9.59 Å². The van der Waals surface area contributed by atoms with Crippen LogP contribution < -0.4 is 14.8 Å². The molecule has 12 nitrogen and oxygen atoms in total. The molecule has 1 aliphatic heterocycles. The highest BCUT2D eigenvalue weighted by atomic mass is 16.7. The molecule has 3 N–H and O–H groups in total. The van der Waals surface area contributed by atoms with Gasteiger partial charge in [-0.1, -0.05) is 94.9 Å². The number of nitrogens with one attached hydrogen (secondary N) is 1. The molecular weight excluding hydrogens is 727 g/mol. The standard InChI is InChI=1S/C45H71N3O9/c1-6-9-10-11-12-13-14-15-16-19-26-46-43(51)56-34-24-25-39-37(31-34)41-35(23-18-21-28-50)33(22-17-20-27-49)30-36-38(47-55-8-3)32-40(48(4)44(52)53-5)45(57-39,42(36)41)54-29-7-2/h7,24-25,30-31,33,35,40-42,49-50H,2,6,8-23,26-29,32H2,1,3-5H3,(H,46,51)/t33-,35+,40-,41+,42+,45+/m0/s1. The van der Waals surface area contributed by atoms with Gasteiger partial charge in [-0.15, -0.1) is 6.58 Å². The van der Waals surface area contributed by atoms with Crippen LogP contribution in [0, 0.1) is 17.8 Å². The molecule has 320 valence electrons. The van der Waals surface area contributed by atoms with Gasteiger partial charge in [0.05, 0.1) is 25.3 Å². The Balaban J connectivity index is 1.69. The minimum atomic E-state index is -1.37. The third kappa shape index (κ3) is 12.2. The van der Waals surface area contributed by atoms with E-state index in [4.69, 9.17) is 23.8 Å². The van der Waals surface area contributed by atoms with Gasteiger partial charge in [-0.25, -0.2) is 9.59 Å². The summed E-state index contributed by atoms with van der Waals surface area (Å²) in [6.45, 7) is 9.34. The summed E-state index contributed by atoms with van der Waals surface area (Å²) in [5, 5.41) is 27.2. The molecule has 0 radical (unpaired) electrons. The lowest BCUT2D eigenvalue weighted by molar-refractivity contribution is -0.253. The maximum atomic E-state index is 13.3. The van der Waals surface area contributed by atoms with Crippen LogP contribution in [-0.4, -0.2) is 92.0 Å². The Morgan fingerprint density at radius 1 is 0.982 bits per heavy atom. The lowest BCUT2D eigenvalue weighted by Crippen LogP contribution is -2.69. The first-order valence-electron chi connectivity index (χ1n) is 21.8. The monoisotopic (exact) mass is 798 g/mol. The van der Waals surface area contributed by atoms with Crippen LogP contribution in [0.1, 0.15) is 134 Å². The number of oxime groups is 1. The number of unbranched alkanes of at least 4 members (excludes halogenated alkanes) is 11. The van der Waals surface area contributed by atoms with Crippen LogP contribution in [0.3, 0.4) is 0 Å². The van der Waals surface area contributed by atoms with E-state index in [9.17, 15) is 19.8 Å². The van der Waals surface area contributed by atoms with Crippen molar-refractivity contribution in [3.8, 4) is 11.5 Å². The molecule has 0 bridgehead atoms. The molecule has 4 rings (SSSR count). The first-order chi connectivity index (χ1) is 27.8. The Morgan fingerprint density at radius 2 is 1.67 bits per heavy atom. The fraction of sp³-hybridized carbons (Fsp3) is 0.711. The Hall–Kier alpha value is -3.61. The highest BCUT2D eigenvalue weighted by Gasteiger charge is 2.65. The van der Waals surface area contributed by atoms with Crippen LogP contribution in [0.2, 0.25) is 0 Å². The number of fused-ring (bicyclic) bond motifs is 2. The van der Waals surface area contributed by atoms with E-state index in [0.29, 0.717) is 43.2 Å². The summed E-state index contributed by atoms with van der Waals surface area (Å²) in [5.74, 6) is -0.930. The molecule has 2 aliphatic carbocycles. The number of hydrogen-bond acceptors (Lipinski definition) is 10. The summed E-state index contributed by atoms with van der Waals surface area (Å²) >= 11 is 0. The van der Waals surface area contributed by atoms with Crippen molar-refractivity contribution in [3.63, 3.8) is 0 Å². The van der Waals surface area contributed by atoms with Gasteiger partial charge in [0.25, 0.3) is 0 Å². The van der Waals surface area contributed by atoms with Gasteiger partial charge in [-0.2, -0.15) is 0 Å². The number of carbonyl (C=O) groups is 2. The van der Waals surface area contributed by atoms with E-state index >= 15 is 0 Å². The quantitative estimate of drug-likeness (QED) is 0.0474. The molecule has 2 amide bonds. The second-order valence-corrected chi connectivity index (χ2v) is 15.8. The molecule has 0 saturated heterocycles. The van der Waals surface area contributed by atoms with Gasteiger partial charge in [0.1, 0.15) is 24.1 Å². The van der Waals surface area contributed by atoms with Gasteiger partial charge < -0.3 is 44.2 Å². The average molecular weight is 798 g/mol. The maximum absolute atomic E-state index is 13.3. The molecule has 1 heterocycles. The molecule has 1 saturated carbocycles. The van der Waals surface area contributed by atoms with E-state index in [2.05, 4.69) is 30.1 Å². The Bertz CT molecular complexity index is 1470. The first kappa shape index (κ1) is 46.1. The molecule has 1 aromatic carbocycles. The largest absolute Gasteiger partial charge is 0.459 e. The van der Waals surface area contributed by atoms with Crippen molar-refractivity contribution in [2.45, 2.75) is 141 Å². The van der Waals surface area contributed by atoms with Gasteiger partial charge in [-0.3, -0.25) is 0 Å². The number of nitrogens with zero attached hydrogens (tertiary/aromatic N) is 2. The lowest BCUT2D eigenvalue weighted by atomic mass is 9.55. The normalized spacial score (nSPS) is 24.1. The summed E-state index contributed by atoms with van der Waals surface area (Å²) in [6, 6.07) is 4.82. The number of amides is 2. The number of aliphatic hydroxyl groups is 2. The molecule has 12 heteroatoms. The molecule has 1 aromatic rings. The number of benzene rings is 1. The molecule has 1 fully saturated rings. The second kappa shape index (κ2) is 24.3. The summed E-state index contributed by atoms with van der Waals surface area (Å²) < 4.78 is 25.0. The van der Waals surface area contributed by atoms with E-state index < -0.39 is 29.9 Å². The topological polar surface area (TPSA) is 148 Å². The molecule has 6 atom stereocenters. The van der Waals surface area contributed by atoms with Crippen molar-refractivity contribution in [3.05, 3.63) is 48.1 Å². The van der Waals surface area contributed by atoms with Gasteiger partial charge >= 0.3 is 12.2 Å². The zero-order valence-electron chi connectivity index (χ0n) is 35.2. The number of aliphatic hydroxyl groups excluding tert-OH is 2. The van der Waals surface area contributed by atoms with Crippen molar-refractivity contribution in [1.82, 2.24) is 10.2 Å². The average Bonchev–Trinajstić information content (AvgIpc) is 3.22. The smallest absolute Gasteiger partial charge is 0.412 e. The molecule has 0 aromatic heterocycles. The summed E-state index contributed by atoms with van der Waals surface area (Å²) in [4.78, 5) is 33.6. The molecule has 3 aliphatic rings.